The first kappa shape index (κ1) is 12.4. The minimum atomic E-state index is -0.936. The predicted octanol–water partition coefficient (Wildman–Crippen LogP) is 0.621. The Morgan fingerprint density at radius 1 is 1.50 bits per heavy atom. The zero-order valence-corrected chi connectivity index (χ0v) is 9.40. The molecule has 1 aromatic heterocycles. The zero-order chi connectivity index (χ0) is 12.0. The molecular weight excluding hydrogens is 230 g/mol. The number of aliphatic carboxylic acids is 1. The molecule has 0 saturated heterocycles. The van der Waals surface area contributed by atoms with Gasteiger partial charge in [-0.25, -0.2) is 9.97 Å². The molecule has 1 amide bonds. The molecule has 0 aliphatic rings. The Kier molecular flexibility index (Phi) is 4.71. The summed E-state index contributed by atoms with van der Waals surface area (Å²) in [6.45, 7) is 1.53. The molecule has 1 rings (SSSR count). The van der Waals surface area contributed by atoms with Crippen LogP contribution in [0.25, 0.3) is 0 Å². The zero-order valence-electron chi connectivity index (χ0n) is 8.58. The van der Waals surface area contributed by atoms with Crippen LogP contribution in [-0.4, -0.2) is 38.0 Å². The topological polar surface area (TPSA) is 92.2 Å². The first-order valence-electron chi connectivity index (χ1n) is 4.51. The van der Waals surface area contributed by atoms with E-state index in [4.69, 9.17) is 5.11 Å². The van der Waals surface area contributed by atoms with E-state index in [0.717, 1.165) is 11.8 Å². The number of nitrogens with one attached hydrogen (secondary N) is 1. The van der Waals surface area contributed by atoms with Crippen molar-refractivity contribution >= 4 is 29.6 Å². The van der Waals surface area contributed by atoms with Crippen molar-refractivity contribution in [3.8, 4) is 0 Å². The maximum atomic E-state index is 11.3. The van der Waals surface area contributed by atoms with Crippen molar-refractivity contribution in [1.29, 1.82) is 0 Å². The number of amides is 1. The fourth-order valence-electron chi connectivity index (χ4n) is 0.796. The molecule has 0 spiro atoms. The maximum Gasteiger partial charge on any atom is 0.316 e. The second kappa shape index (κ2) is 6.06. The molecule has 0 aliphatic heterocycles. The van der Waals surface area contributed by atoms with Crippen molar-refractivity contribution in [3.05, 3.63) is 18.5 Å². The lowest BCUT2D eigenvalue weighted by molar-refractivity contribution is -0.136. The first-order valence-corrected chi connectivity index (χ1v) is 5.55. The molecule has 0 aliphatic carbocycles. The van der Waals surface area contributed by atoms with E-state index in [9.17, 15) is 9.59 Å². The molecule has 7 heteroatoms. The fraction of sp³-hybridized carbons (Fsp3) is 0.333. The van der Waals surface area contributed by atoms with E-state index in [1.54, 1.807) is 6.07 Å². The van der Waals surface area contributed by atoms with Gasteiger partial charge in [-0.15, -0.1) is 11.8 Å². The third-order valence-electron chi connectivity index (χ3n) is 1.63. The molecule has 0 bridgehead atoms. The number of carboxylic acid groups (broad SMARTS) is 1. The monoisotopic (exact) mass is 241 g/mol. The van der Waals surface area contributed by atoms with E-state index < -0.39 is 11.2 Å². The van der Waals surface area contributed by atoms with Crippen molar-refractivity contribution in [2.24, 2.45) is 0 Å². The predicted molar refractivity (Wildman–Crippen MR) is 60.2 cm³/mol. The molecule has 86 valence electrons. The number of aromatic nitrogens is 2. The minimum absolute atomic E-state index is 0.0612. The maximum absolute atomic E-state index is 11.3. The first-order chi connectivity index (χ1) is 7.59. The largest absolute Gasteiger partial charge is 0.480 e. The molecule has 0 saturated carbocycles. The normalized spacial score (nSPS) is 11.8. The fourth-order valence-corrected chi connectivity index (χ4v) is 1.41. The highest BCUT2D eigenvalue weighted by atomic mass is 32.2. The van der Waals surface area contributed by atoms with Gasteiger partial charge in [0.15, 0.2) is 0 Å². The Morgan fingerprint density at radius 3 is 2.69 bits per heavy atom. The highest BCUT2D eigenvalue weighted by Gasteiger charge is 2.13. The Morgan fingerprint density at radius 2 is 2.12 bits per heavy atom. The lowest BCUT2D eigenvalue weighted by atomic mass is 10.5. The molecule has 1 aromatic rings. The van der Waals surface area contributed by atoms with Gasteiger partial charge in [-0.3, -0.25) is 14.9 Å². The van der Waals surface area contributed by atoms with Gasteiger partial charge in [0.05, 0.1) is 11.0 Å². The number of rotatable bonds is 5. The molecular formula is C9H11N3O3S. The number of hydrogen-bond donors (Lipinski definition) is 2. The molecule has 0 fully saturated rings. The lowest BCUT2D eigenvalue weighted by Gasteiger charge is -2.05. The molecule has 0 radical (unpaired) electrons. The summed E-state index contributed by atoms with van der Waals surface area (Å²) in [5, 5.41) is 10.5. The summed E-state index contributed by atoms with van der Waals surface area (Å²) in [4.78, 5) is 29.5. The summed E-state index contributed by atoms with van der Waals surface area (Å²) in [5.41, 5.74) is 0. The molecule has 16 heavy (non-hydrogen) atoms. The van der Waals surface area contributed by atoms with E-state index in [-0.39, 0.29) is 17.6 Å². The van der Waals surface area contributed by atoms with Crippen molar-refractivity contribution < 1.29 is 14.7 Å². The van der Waals surface area contributed by atoms with Crippen LogP contribution in [0.2, 0.25) is 0 Å². The van der Waals surface area contributed by atoms with E-state index >= 15 is 0 Å². The number of nitrogens with zero attached hydrogens (tertiary/aromatic N) is 2. The summed E-state index contributed by atoms with van der Waals surface area (Å²) < 4.78 is 0. The second-order valence-corrected chi connectivity index (χ2v) is 4.24. The summed E-state index contributed by atoms with van der Waals surface area (Å²) in [6, 6.07) is 1.64. The lowest BCUT2D eigenvalue weighted by Crippen LogP contribution is -2.20. The number of carbonyl (C=O) groups excluding carboxylic acids is 1. The van der Waals surface area contributed by atoms with Crippen LogP contribution in [0.15, 0.2) is 18.5 Å². The molecule has 1 unspecified atom stereocenters. The highest BCUT2D eigenvalue weighted by molar-refractivity contribution is 8.01. The summed E-state index contributed by atoms with van der Waals surface area (Å²) in [5.74, 6) is -0.972. The van der Waals surface area contributed by atoms with Crippen LogP contribution < -0.4 is 5.32 Å². The van der Waals surface area contributed by atoms with Gasteiger partial charge >= 0.3 is 5.97 Å². The van der Waals surface area contributed by atoms with Gasteiger partial charge < -0.3 is 5.11 Å². The van der Waals surface area contributed by atoms with Crippen LogP contribution >= 0.6 is 11.8 Å². The number of thioether (sulfide) groups is 1. The summed E-state index contributed by atoms with van der Waals surface area (Å²) >= 11 is 1.04. The van der Waals surface area contributed by atoms with E-state index in [1.807, 2.05) is 0 Å². The number of anilines is 1. The van der Waals surface area contributed by atoms with Crippen molar-refractivity contribution in [3.63, 3.8) is 0 Å². The summed E-state index contributed by atoms with van der Waals surface area (Å²) in [7, 11) is 0. The Labute approximate surface area is 96.5 Å². The van der Waals surface area contributed by atoms with Gasteiger partial charge in [0.25, 0.3) is 0 Å². The average molecular weight is 241 g/mol. The molecule has 0 aromatic carbocycles. The second-order valence-electron chi connectivity index (χ2n) is 2.91. The number of carboxylic acids is 1. The smallest absolute Gasteiger partial charge is 0.316 e. The standard InChI is InChI=1S/C9H11N3O3S/c1-6(8(14)15)16-5-7(13)12-9-10-3-2-4-11-9/h2-4,6H,5H2,1H3,(H,14,15)(H,10,11,12,13). The van der Waals surface area contributed by atoms with E-state index in [0.29, 0.717) is 0 Å². The van der Waals surface area contributed by atoms with Crippen LogP contribution in [0.4, 0.5) is 5.95 Å². The Hall–Kier alpha value is -1.63. The van der Waals surface area contributed by atoms with Crippen LogP contribution in [0.1, 0.15) is 6.92 Å². The van der Waals surface area contributed by atoms with Crippen molar-refractivity contribution in [2.45, 2.75) is 12.2 Å². The van der Waals surface area contributed by atoms with Gasteiger partial charge in [0.1, 0.15) is 0 Å². The molecule has 1 heterocycles. The van der Waals surface area contributed by atoms with Gasteiger partial charge in [-0.1, -0.05) is 0 Å². The average Bonchev–Trinajstić information content (AvgIpc) is 2.27. The number of hydrogen-bond acceptors (Lipinski definition) is 5. The highest BCUT2D eigenvalue weighted by Crippen LogP contribution is 2.10. The van der Waals surface area contributed by atoms with Crippen LogP contribution in [0.5, 0.6) is 0 Å². The third kappa shape index (κ3) is 4.26. The van der Waals surface area contributed by atoms with Crippen molar-refractivity contribution in [2.75, 3.05) is 11.1 Å². The molecule has 1 atom stereocenters. The van der Waals surface area contributed by atoms with Gasteiger partial charge in [0.2, 0.25) is 11.9 Å². The van der Waals surface area contributed by atoms with Crippen molar-refractivity contribution in [1.82, 2.24) is 9.97 Å². The third-order valence-corrected chi connectivity index (χ3v) is 2.76. The van der Waals surface area contributed by atoms with Crippen LogP contribution in [0, 0.1) is 0 Å². The molecule has 6 nitrogen and oxygen atoms in total. The van der Waals surface area contributed by atoms with Gasteiger partial charge in [0, 0.05) is 12.4 Å². The van der Waals surface area contributed by atoms with E-state index in [1.165, 1.54) is 19.3 Å². The quantitative estimate of drug-likeness (QED) is 0.785. The van der Waals surface area contributed by atoms with E-state index in [2.05, 4.69) is 15.3 Å². The van der Waals surface area contributed by atoms with Gasteiger partial charge in [-0.2, -0.15) is 0 Å². The Balaban J connectivity index is 2.35. The van der Waals surface area contributed by atoms with Crippen LogP contribution in [0.3, 0.4) is 0 Å². The Bertz CT molecular complexity index is 372. The minimum Gasteiger partial charge on any atom is -0.480 e. The SMILES string of the molecule is CC(SCC(=O)Nc1ncccn1)C(=O)O. The number of carbonyl (C=O) groups is 2. The summed E-state index contributed by atoms with van der Waals surface area (Å²) in [6.07, 6.45) is 3.02. The van der Waals surface area contributed by atoms with Gasteiger partial charge in [-0.05, 0) is 13.0 Å². The molecule has 2 N–H and O–H groups in total. The van der Waals surface area contributed by atoms with Crippen LogP contribution in [-0.2, 0) is 9.59 Å².